The molecule has 0 bridgehead atoms. The first-order chi connectivity index (χ1) is 17.9. The minimum atomic E-state index is -0.563. The van der Waals surface area contributed by atoms with Crippen LogP contribution < -0.4 is 15.4 Å². The third-order valence-electron chi connectivity index (χ3n) is 6.10. The maximum atomic E-state index is 14.3. The second kappa shape index (κ2) is 11.7. The molecule has 4 rings (SSSR count). The summed E-state index contributed by atoms with van der Waals surface area (Å²) in [6, 6.07) is 16.3. The van der Waals surface area contributed by atoms with E-state index < -0.39 is 23.7 Å². The number of fused-ring (bicyclic) bond motifs is 1. The molecule has 0 radical (unpaired) electrons. The van der Waals surface area contributed by atoms with Crippen LogP contribution in [0.4, 0.5) is 4.39 Å². The molecule has 0 fully saturated rings. The van der Waals surface area contributed by atoms with Crippen LogP contribution >= 0.6 is 0 Å². The molecule has 1 atom stereocenters. The molecule has 4 aromatic rings. The van der Waals surface area contributed by atoms with Crippen molar-refractivity contribution in [1.82, 2.24) is 15.6 Å². The number of amides is 2. The van der Waals surface area contributed by atoms with E-state index in [1.165, 1.54) is 13.1 Å². The summed E-state index contributed by atoms with van der Waals surface area (Å²) >= 11 is 0. The minimum Gasteiger partial charge on any atom is -0.493 e. The molecule has 8 heteroatoms. The highest BCUT2D eigenvalue weighted by atomic mass is 19.1. The van der Waals surface area contributed by atoms with Crippen molar-refractivity contribution in [2.45, 2.75) is 25.8 Å². The molecule has 0 aliphatic heterocycles. The SMILES string of the molecule is CCCOc1ccc(-c2cc(F)cc(C(=O)NC)c2)cc1C(=O)N[C@H](CO)Cc1c[nH]c2ccccc12. The molecule has 1 aromatic heterocycles. The fourth-order valence-electron chi connectivity index (χ4n) is 4.25. The number of hydrogen-bond acceptors (Lipinski definition) is 4. The van der Waals surface area contributed by atoms with Crippen LogP contribution in [0.2, 0.25) is 0 Å². The Morgan fingerprint density at radius 2 is 1.86 bits per heavy atom. The van der Waals surface area contributed by atoms with Gasteiger partial charge in [0.1, 0.15) is 11.6 Å². The predicted molar refractivity (Wildman–Crippen MR) is 141 cm³/mol. The van der Waals surface area contributed by atoms with E-state index in [1.807, 2.05) is 37.4 Å². The van der Waals surface area contributed by atoms with Crippen molar-refractivity contribution in [3.63, 3.8) is 0 Å². The lowest BCUT2D eigenvalue weighted by Crippen LogP contribution is -2.39. The monoisotopic (exact) mass is 503 g/mol. The number of carbonyl (C=O) groups excluding carboxylic acids is 2. The van der Waals surface area contributed by atoms with Crippen LogP contribution in [0, 0.1) is 5.82 Å². The van der Waals surface area contributed by atoms with Crippen molar-refractivity contribution in [1.29, 1.82) is 0 Å². The number of ether oxygens (including phenoxy) is 1. The van der Waals surface area contributed by atoms with E-state index in [0.717, 1.165) is 29.0 Å². The fraction of sp³-hybridized carbons (Fsp3) is 0.241. The normalized spacial score (nSPS) is 11.8. The van der Waals surface area contributed by atoms with Crippen LogP contribution in [0.3, 0.4) is 0 Å². The van der Waals surface area contributed by atoms with Gasteiger partial charge in [0.2, 0.25) is 0 Å². The number of hydrogen-bond donors (Lipinski definition) is 4. The molecule has 37 heavy (non-hydrogen) atoms. The standard InChI is InChI=1S/C29H30FN3O4/c1-3-10-37-27-9-8-18(19-11-20(28(35)31-2)13-22(30)12-19)15-25(27)29(36)33-23(17-34)14-21-16-32-26-7-5-4-6-24(21)26/h4-9,11-13,15-16,23,32,34H,3,10,14,17H2,1-2H3,(H,31,35)(H,33,36)/t23-/m0/s1. The summed E-state index contributed by atoms with van der Waals surface area (Å²) in [7, 11) is 1.48. The largest absolute Gasteiger partial charge is 0.493 e. The van der Waals surface area contributed by atoms with Crippen molar-refractivity contribution in [2.24, 2.45) is 0 Å². The number of aliphatic hydroxyl groups is 1. The van der Waals surface area contributed by atoms with Crippen LogP contribution in [0.15, 0.2) is 66.9 Å². The number of para-hydroxylation sites is 1. The Kier molecular flexibility index (Phi) is 8.20. The average Bonchev–Trinajstić information content (AvgIpc) is 3.33. The molecule has 0 saturated heterocycles. The Morgan fingerprint density at radius 3 is 2.62 bits per heavy atom. The van der Waals surface area contributed by atoms with Gasteiger partial charge in [-0.25, -0.2) is 4.39 Å². The summed E-state index contributed by atoms with van der Waals surface area (Å²) in [6.07, 6.45) is 3.06. The Morgan fingerprint density at radius 1 is 1.05 bits per heavy atom. The zero-order valence-corrected chi connectivity index (χ0v) is 20.8. The molecule has 1 heterocycles. The first kappa shape index (κ1) is 25.9. The van der Waals surface area contributed by atoms with Gasteiger partial charge in [0.05, 0.1) is 24.8 Å². The lowest BCUT2D eigenvalue weighted by Gasteiger charge is -2.18. The topological polar surface area (TPSA) is 103 Å². The number of aromatic amines is 1. The van der Waals surface area contributed by atoms with Gasteiger partial charge in [-0.3, -0.25) is 9.59 Å². The molecule has 3 aromatic carbocycles. The van der Waals surface area contributed by atoms with Gasteiger partial charge in [0, 0.05) is 29.7 Å². The number of nitrogens with one attached hydrogen (secondary N) is 3. The third kappa shape index (κ3) is 5.98. The molecular weight excluding hydrogens is 473 g/mol. The van der Waals surface area contributed by atoms with E-state index in [2.05, 4.69) is 15.6 Å². The number of aromatic nitrogens is 1. The van der Waals surface area contributed by atoms with Gasteiger partial charge >= 0.3 is 0 Å². The molecular formula is C29H30FN3O4. The molecule has 192 valence electrons. The van der Waals surface area contributed by atoms with Gasteiger partial charge in [-0.05, 0) is 65.9 Å². The molecule has 0 spiro atoms. The molecule has 0 aliphatic carbocycles. The first-order valence-corrected chi connectivity index (χ1v) is 12.2. The maximum absolute atomic E-state index is 14.3. The van der Waals surface area contributed by atoms with Gasteiger partial charge in [-0.2, -0.15) is 0 Å². The lowest BCUT2D eigenvalue weighted by molar-refractivity contribution is 0.0911. The highest BCUT2D eigenvalue weighted by molar-refractivity contribution is 5.99. The Bertz CT molecular complexity index is 1420. The Hall–Kier alpha value is -4.17. The summed E-state index contributed by atoms with van der Waals surface area (Å²) < 4.78 is 20.1. The summed E-state index contributed by atoms with van der Waals surface area (Å²) in [5.41, 5.74) is 3.40. The number of benzene rings is 3. The molecule has 2 amide bonds. The molecule has 4 N–H and O–H groups in total. The van der Waals surface area contributed by atoms with Crippen LogP contribution in [0.1, 0.15) is 39.6 Å². The van der Waals surface area contributed by atoms with Crippen molar-refractivity contribution in [2.75, 3.05) is 20.3 Å². The minimum absolute atomic E-state index is 0.175. The van der Waals surface area contributed by atoms with E-state index in [1.54, 1.807) is 24.3 Å². The van der Waals surface area contributed by atoms with Crippen molar-refractivity contribution >= 4 is 22.7 Å². The highest BCUT2D eigenvalue weighted by Crippen LogP contribution is 2.29. The Balaban J connectivity index is 1.63. The fourth-order valence-corrected chi connectivity index (χ4v) is 4.25. The summed E-state index contributed by atoms with van der Waals surface area (Å²) in [4.78, 5) is 28.7. The maximum Gasteiger partial charge on any atom is 0.255 e. The summed E-state index contributed by atoms with van der Waals surface area (Å²) in [5, 5.41) is 16.5. The predicted octanol–water partition coefficient (Wildman–Crippen LogP) is 4.46. The number of carbonyl (C=O) groups is 2. The second-order valence-corrected chi connectivity index (χ2v) is 8.78. The molecule has 0 saturated carbocycles. The van der Waals surface area contributed by atoms with Gasteiger partial charge in [0.25, 0.3) is 11.8 Å². The van der Waals surface area contributed by atoms with E-state index in [0.29, 0.717) is 29.9 Å². The van der Waals surface area contributed by atoms with E-state index in [9.17, 15) is 19.1 Å². The van der Waals surface area contributed by atoms with Gasteiger partial charge in [0.15, 0.2) is 0 Å². The van der Waals surface area contributed by atoms with Crippen LogP contribution in [-0.2, 0) is 6.42 Å². The second-order valence-electron chi connectivity index (χ2n) is 8.78. The summed E-state index contributed by atoms with van der Waals surface area (Å²) in [5.74, 6) is -1.01. The Labute approximate surface area is 214 Å². The highest BCUT2D eigenvalue weighted by Gasteiger charge is 2.20. The van der Waals surface area contributed by atoms with Crippen molar-refractivity contribution in [3.05, 3.63) is 89.4 Å². The lowest BCUT2D eigenvalue weighted by atomic mass is 9.99. The van der Waals surface area contributed by atoms with E-state index in [4.69, 9.17) is 4.74 Å². The van der Waals surface area contributed by atoms with Gasteiger partial charge < -0.3 is 25.5 Å². The van der Waals surface area contributed by atoms with Crippen molar-refractivity contribution < 1.29 is 23.8 Å². The van der Waals surface area contributed by atoms with Gasteiger partial charge in [-0.15, -0.1) is 0 Å². The number of halogens is 1. The zero-order chi connectivity index (χ0) is 26.4. The molecule has 0 unspecified atom stereocenters. The van der Waals surface area contributed by atoms with Gasteiger partial charge in [-0.1, -0.05) is 31.2 Å². The number of aliphatic hydroxyl groups excluding tert-OH is 1. The molecule has 7 nitrogen and oxygen atoms in total. The number of H-pyrrole nitrogens is 1. The van der Waals surface area contributed by atoms with Crippen molar-refractivity contribution in [3.8, 4) is 16.9 Å². The smallest absolute Gasteiger partial charge is 0.255 e. The third-order valence-corrected chi connectivity index (χ3v) is 6.10. The van der Waals surface area contributed by atoms with Crippen LogP contribution in [0.5, 0.6) is 5.75 Å². The van der Waals surface area contributed by atoms with E-state index >= 15 is 0 Å². The first-order valence-electron chi connectivity index (χ1n) is 12.2. The molecule has 0 aliphatic rings. The van der Waals surface area contributed by atoms with E-state index in [-0.39, 0.29) is 17.7 Å². The van der Waals surface area contributed by atoms with Crippen LogP contribution in [0.25, 0.3) is 22.0 Å². The quantitative estimate of drug-likeness (QED) is 0.257. The summed E-state index contributed by atoms with van der Waals surface area (Å²) in [6.45, 7) is 2.12. The van der Waals surface area contributed by atoms with Crippen LogP contribution in [-0.4, -0.2) is 48.2 Å². The number of rotatable bonds is 10. The average molecular weight is 504 g/mol. The zero-order valence-electron chi connectivity index (χ0n) is 20.8.